The number of carbonyl (C=O) groups is 1. The Morgan fingerprint density at radius 3 is 2.96 bits per heavy atom. The van der Waals surface area contributed by atoms with Crippen molar-refractivity contribution in [1.82, 2.24) is 20.1 Å². The molecular weight excluding hydrogens is 308 g/mol. The molecule has 0 saturated heterocycles. The number of nitrogens with one attached hydrogen (secondary N) is 1. The minimum Gasteiger partial charge on any atom is -0.353 e. The number of hydrogen-bond donors (Lipinski definition) is 1. The van der Waals surface area contributed by atoms with Gasteiger partial charge in [-0.15, -0.1) is 10.2 Å². The summed E-state index contributed by atoms with van der Waals surface area (Å²) in [4.78, 5) is 12.1. The summed E-state index contributed by atoms with van der Waals surface area (Å²) in [6.07, 6.45) is 4.17. The first-order valence-corrected chi connectivity index (χ1v) is 8.93. The monoisotopic (exact) mass is 330 g/mol. The molecule has 3 rings (SSSR count). The van der Waals surface area contributed by atoms with Crippen molar-refractivity contribution in [2.45, 2.75) is 44.8 Å². The van der Waals surface area contributed by atoms with Crippen molar-refractivity contribution in [3.8, 4) is 5.69 Å². The number of aromatic nitrogens is 3. The lowest BCUT2D eigenvalue weighted by Gasteiger charge is -2.13. The molecule has 5 nitrogen and oxygen atoms in total. The number of nitrogens with zero attached hydrogens (tertiary/aromatic N) is 3. The lowest BCUT2D eigenvalue weighted by atomic mass is 10.1. The van der Waals surface area contributed by atoms with Crippen LogP contribution in [0.3, 0.4) is 0 Å². The van der Waals surface area contributed by atoms with E-state index in [0.717, 1.165) is 16.4 Å². The Morgan fingerprint density at radius 2 is 2.22 bits per heavy atom. The number of aryl methyl sites for hydroxylation is 2. The summed E-state index contributed by atoms with van der Waals surface area (Å²) in [5.41, 5.74) is 3.40. The topological polar surface area (TPSA) is 59.8 Å². The summed E-state index contributed by atoms with van der Waals surface area (Å²) in [6.45, 7) is 6.21. The fourth-order valence-corrected chi connectivity index (χ4v) is 3.34. The highest BCUT2D eigenvalue weighted by atomic mass is 32.2. The minimum atomic E-state index is 0.0601. The van der Waals surface area contributed by atoms with Gasteiger partial charge in [0.15, 0.2) is 5.16 Å². The molecule has 1 heterocycles. The highest BCUT2D eigenvalue weighted by Gasteiger charge is 2.28. The lowest BCUT2D eigenvalue weighted by molar-refractivity contribution is -0.119. The number of benzene rings is 1. The molecule has 122 valence electrons. The third-order valence-electron chi connectivity index (χ3n) is 4.19. The largest absolute Gasteiger partial charge is 0.353 e. The van der Waals surface area contributed by atoms with Gasteiger partial charge in [0.05, 0.1) is 11.4 Å². The molecule has 1 aliphatic rings. The number of amides is 1. The van der Waals surface area contributed by atoms with E-state index >= 15 is 0 Å². The van der Waals surface area contributed by atoms with Gasteiger partial charge in [0.1, 0.15) is 6.33 Å². The number of thioether (sulfide) groups is 1. The summed E-state index contributed by atoms with van der Waals surface area (Å²) in [5, 5.41) is 12.0. The van der Waals surface area contributed by atoms with Crippen molar-refractivity contribution in [3.05, 3.63) is 35.7 Å². The Balaban J connectivity index is 1.66. The maximum Gasteiger partial charge on any atom is 0.230 e. The molecule has 2 aromatic rings. The van der Waals surface area contributed by atoms with Crippen LogP contribution >= 0.6 is 11.8 Å². The first-order chi connectivity index (χ1) is 11.0. The molecule has 1 aliphatic carbocycles. The quantitative estimate of drug-likeness (QED) is 0.827. The third kappa shape index (κ3) is 3.93. The molecule has 1 N–H and O–H groups in total. The van der Waals surface area contributed by atoms with Crippen LogP contribution in [0.25, 0.3) is 5.69 Å². The maximum atomic E-state index is 12.1. The van der Waals surface area contributed by atoms with E-state index in [9.17, 15) is 4.79 Å². The highest BCUT2D eigenvalue weighted by Crippen LogP contribution is 2.32. The molecule has 1 atom stereocenters. The van der Waals surface area contributed by atoms with Crippen LogP contribution in [0.15, 0.2) is 29.7 Å². The van der Waals surface area contributed by atoms with Crippen LogP contribution in [0.4, 0.5) is 0 Å². The van der Waals surface area contributed by atoms with Crippen molar-refractivity contribution in [2.75, 3.05) is 5.75 Å². The van der Waals surface area contributed by atoms with Crippen LogP contribution in [-0.2, 0) is 4.79 Å². The van der Waals surface area contributed by atoms with Gasteiger partial charge in [-0.3, -0.25) is 9.36 Å². The fraction of sp³-hybridized carbons (Fsp3) is 0.471. The van der Waals surface area contributed by atoms with Crippen molar-refractivity contribution in [1.29, 1.82) is 0 Å². The summed E-state index contributed by atoms with van der Waals surface area (Å²) in [6, 6.07) is 6.56. The molecule has 0 spiro atoms. The van der Waals surface area contributed by atoms with E-state index in [0.29, 0.717) is 11.7 Å². The van der Waals surface area contributed by atoms with Gasteiger partial charge in [-0.1, -0.05) is 23.9 Å². The molecule has 0 aliphatic heterocycles. The van der Waals surface area contributed by atoms with Crippen LogP contribution in [0.2, 0.25) is 0 Å². The molecule has 1 amide bonds. The third-order valence-corrected chi connectivity index (χ3v) is 5.13. The number of carbonyl (C=O) groups excluding carboxylic acids is 1. The van der Waals surface area contributed by atoms with Crippen molar-refractivity contribution in [3.63, 3.8) is 0 Å². The molecule has 0 bridgehead atoms. The van der Waals surface area contributed by atoms with Crippen LogP contribution in [0.5, 0.6) is 0 Å². The van der Waals surface area contributed by atoms with E-state index in [1.54, 1.807) is 6.33 Å². The lowest BCUT2D eigenvalue weighted by Crippen LogP contribution is -2.35. The molecule has 0 radical (unpaired) electrons. The van der Waals surface area contributed by atoms with Gasteiger partial charge < -0.3 is 5.32 Å². The Morgan fingerprint density at radius 1 is 1.43 bits per heavy atom. The van der Waals surface area contributed by atoms with Gasteiger partial charge in [0, 0.05) is 6.04 Å². The predicted octanol–water partition coefficient (Wildman–Crippen LogP) is 2.89. The molecule has 23 heavy (non-hydrogen) atoms. The Kier molecular flexibility index (Phi) is 4.71. The van der Waals surface area contributed by atoms with Gasteiger partial charge in [-0.05, 0) is 56.7 Å². The predicted molar refractivity (Wildman–Crippen MR) is 91.9 cm³/mol. The molecular formula is C17H22N4OS. The number of rotatable bonds is 6. The van der Waals surface area contributed by atoms with E-state index in [1.165, 1.54) is 30.2 Å². The first-order valence-electron chi connectivity index (χ1n) is 7.94. The van der Waals surface area contributed by atoms with Crippen molar-refractivity contribution >= 4 is 17.7 Å². The SMILES string of the molecule is Cc1ccc(C)c(-n2cnnc2SCC(=O)NC(C)C2CC2)c1. The van der Waals surface area contributed by atoms with Crippen LogP contribution in [0, 0.1) is 19.8 Å². The second-order valence-electron chi connectivity index (χ2n) is 6.26. The summed E-state index contributed by atoms with van der Waals surface area (Å²) in [7, 11) is 0. The Bertz CT molecular complexity index is 708. The van der Waals surface area contributed by atoms with Crippen LogP contribution in [-0.4, -0.2) is 32.5 Å². The zero-order valence-corrected chi connectivity index (χ0v) is 14.6. The van der Waals surface area contributed by atoms with Gasteiger partial charge >= 0.3 is 0 Å². The minimum absolute atomic E-state index is 0.0601. The number of hydrogen-bond acceptors (Lipinski definition) is 4. The van der Waals surface area contributed by atoms with Gasteiger partial charge in [-0.2, -0.15) is 0 Å². The van der Waals surface area contributed by atoms with E-state index < -0.39 is 0 Å². The average molecular weight is 330 g/mol. The normalized spacial score (nSPS) is 15.4. The highest BCUT2D eigenvalue weighted by molar-refractivity contribution is 7.99. The van der Waals surface area contributed by atoms with Crippen LogP contribution < -0.4 is 5.32 Å². The zero-order chi connectivity index (χ0) is 16.4. The summed E-state index contributed by atoms with van der Waals surface area (Å²) in [5.74, 6) is 1.09. The van der Waals surface area contributed by atoms with Gasteiger partial charge in [0.2, 0.25) is 5.91 Å². The van der Waals surface area contributed by atoms with E-state index in [-0.39, 0.29) is 11.9 Å². The molecule has 1 aromatic heterocycles. The molecule has 1 aromatic carbocycles. The Labute approximate surface area is 140 Å². The van der Waals surface area contributed by atoms with Crippen LogP contribution in [0.1, 0.15) is 30.9 Å². The maximum absolute atomic E-state index is 12.1. The second kappa shape index (κ2) is 6.74. The molecule has 1 unspecified atom stereocenters. The molecule has 1 fully saturated rings. The average Bonchev–Trinajstić information content (AvgIpc) is 3.27. The Hall–Kier alpha value is -1.82. The van der Waals surface area contributed by atoms with E-state index in [1.807, 2.05) is 4.57 Å². The fourth-order valence-electron chi connectivity index (χ4n) is 2.61. The van der Waals surface area contributed by atoms with E-state index in [4.69, 9.17) is 0 Å². The first kappa shape index (κ1) is 16.1. The molecule has 1 saturated carbocycles. The van der Waals surface area contributed by atoms with Gasteiger partial charge in [0.25, 0.3) is 0 Å². The van der Waals surface area contributed by atoms with E-state index in [2.05, 4.69) is 54.5 Å². The van der Waals surface area contributed by atoms with Crippen molar-refractivity contribution in [2.24, 2.45) is 5.92 Å². The second-order valence-corrected chi connectivity index (χ2v) is 7.20. The summed E-state index contributed by atoms with van der Waals surface area (Å²) < 4.78 is 1.95. The smallest absolute Gasteiger partial charge is 0.230 e. The van der Waals surface area contributed by atoms with Crippen molar-refractivity contribution < 1.29 is 4.79 Å². The zero-order valence-electron chi connectivity index (χ0n) is 13.7. The molecule has 6 heteroatoms. The summed E-state index contributed by atoms with van der Waals surface area (Å²) >= 11 is 1.42. The van der Waals surface area contributed by atoms with Gasteiger partial charge in [-0.25, -0.2) is 0 Å². The standard InChI is InChI=1S/C17H22N4OS/c1-11-4-5-12(2)15(8-11)21-10-18-20-17(21)23-9-16(22)19-13(3)14-6-7-14/h4-5,8,10,13-14H,6-7,9H2,1-3H3,(H,19,22).